The summed E-state index contributed by atoms with van der Waals surface area (Å²) in [7, 11) is 3.53. The minimum atomic E-state index is 0.136. The lowest BCUT2D eigenvalue weighted by atomic mass is 9.78. The van der Waals surface area contributed by atoms with Gasteiger partial charge < -0.3 is 15.4 Å². The number of aliphatic imine (C=N–C) groups is 1. The second-order valence-electron chi connectivity index (χ2n) is 6.82. The lowest BCUT2D eigenvalue weighted by Crippen LogP contribution is -2.44. The van der Waals surface area contributed by atoms with Crippen LogP contribution in [-0.2, 0) is 12.0 Å². The number of pyridine rings is 1. The molecule has 2 N–H and O–H groups in total. The van der Waals surface area contributed by atoms with Crippen LogP contribution < -0.4 is 15.4 Å². The zero-order valence-electron chi connectivity index (χ0n) is 15.7. The Morgan fingerprint density at radius 2 is 2.00 bits per heavy atom. The molecule has 3 rings (SSSR count). The van der Waals surface area contributed by atoms with Crippen molar-refractivity contribution in [2.24, 2.45) is 4.99 Å². The van der Waals surface area contributed by atoms with E-state index in [1.807, 2.05) is 30.5 Å². The molecule has 1 aromatic carbocycles. The molecule has 1 aliphatic rings. The smallest absolute Gasteiger partial charge is 0.191 e. The highest BCUT2D eigenvalue weighted by atomic mass is 16.5. The molecule has 1 aromatic heterocycles. The van der Waals surface area contributed by atoms with E-state index in [1.54, 1.807) is 14.2 Å². The van der Waals surface area contributed by atoms with Gasteiger partial charge in [-0.3, -0.25) is 9.98 Å². The van der Waals surface area contributed by atoms with Crippen LogP contribution >= 0.6 is 0 Å². The number of methoxy groups -OCH3 is 1. The normalized spacial score (nSPS) is 16.3. The van der Waals surface area contributed by atoms with Crippen LogP contribution in [0.1, 0.15) is 36.9 Å². The lowest BCUT2D eigenvalue weighted by molar-refractivity contribution is 0.404. The molecule has 138 valence electrons. The van der Waals surface area contributed by atoms with Crippen molar-refractivity contribution < 1.29 is 4.74 Å². The number of hydrogen-bond donors (Lipinski definition) is 2. The second kappa shape index (κ2) is 8.70. The summed E-state index contributed by atoms with van der Waals surface area (Å²) < 4.78 is 5.43. The summed E-state index contributed by atoms with van der Waals surface area (Å²) in [5.74, 6) is 1.73. The number of guanidine groups is 1. The first-order valence-corrected chi connectivity index (χ1v) is 9.25. The number of nitrogens with one attached hydrogen (secondary N) is 2. The molecular weight excluding hydrogens is 324 g/mol. The van der Waals surface area contributed by atoms with Gasteiger partial charge in [0.1, 0.15) is 5.75 Å². The van der Waals surface area contributed by atoms with E-state index in [-0.39, 0.29) is 5.41 Å². The summed E-state index contributed by atoms with van der Waals surface area (Å²) in [4.78, 5) is 8.71. The average molecular weight is 352 g/mol. The molecule has 1 saturated carbocycles. The van der Waals surface area contributed by atoms with Gasteiger partial charge in [-0.1, -0.05) is 31.0 Å². The highest BCUT2D eigenvalue weighted by Crippen LogP contribution is 2.41. The lowest BCUT2D eigenvalue weighted by Gasteiger charge is -2.31. The number of aromatic nitrogens is 1. The molecule has 1 heterocycles. The number of hydrogen-bond acceptors (Lipinski definition) is 3. The number of benzene rings is 1. The average Bonchev–Trinajstić information content (AvgIpc) is 3.19. The van der Waals surface area contributed by atoms with E-state index in [4.69, 9.17) is 4.74 Å². The Morgan fingerprint density at radius 1 is 1.15 bits per heavy atom. The monoisotopic (exact) mass is 352 g/mol. The number of nitrogens with zero attached hydrogens (tertiary/aromatic N) is 2. The van der Waals surface area contributed by atoms with Crippen molar-refractivity contribution in [3.8, 4) is 5.75 Å². The van der Waals surface area contributed by atoms with Crippen LogP contribution in [0.4, 0.5) is 0 Å². The second-order valence-corrected chi connectivity index (χ2v) is 6.82. The van der Waals surface area contributed by atoms with Gasteiger partial charge in [0.15, 0.2) is 5.96 Å². The third-order valence-electron chi connectivity index (χ3n) is 5.22. The van der Waals surface area contributed by atoms with Crippen molar-refractivity contribution in [2.75, 3.05) is 20.7 Å². The standard InChI is InChI=1S/C21H28N4O/c1-22-20(24-15-18-9-3-6-13-23-18)25-16-21(11-4-5-12-21)17-8-7-10-19(14-17)26-2/h3,6-10,13-14H,4-5,11-12,15-16H2,1-2H3,(H2,22,24,25). The summed E-state index contributed by atoms with van der Waals surface area (Å²) in [5, 5.41) is 6.88. The molecule has 5 heteroatoms. The van der Waals surface area contributed by atoms with Gasteiger partial charge >= 0.3 is 0 Å². The maximum Gasteiger partial charge on any atom is 0.191 e. The summed E-state index contributed by atoms with van der Waals surface area (Å²) in [6.07, 6.45) is 6.70. The molecular formula is C21H28N4O. The van der Waals surface area contributed by atoms with Gasteiger partial charge in [0.2, 0.25) is 0 Å². The van der Waals surface area contributed by atoms with Crippen LogP contribution in [0.2, 0.25) is 0 Å². The van der Waals surface area contributed by atoms with Crippen molar-refractivity contribution in [3.63, 3.8) is 0 Å². The Morgan fingerprint density at radius 3 is 2.69 bits per heavy atom. The molecule has 0 aliphatic heterocycles. The zero-order chi connectivity index (χ0) is 18.2. The first-order valence-electron chi connectivity index (χ1n) is 9.25. The van der Waals surface area contributed by atoms with Gasteiger partial charge in [0.25, 0.3) is 0 Å². The minimum Gasteiger partial charge on any atom is -0.497 e. The van der Waals surface area contributed by atoms with Crippen LogP contribution in [0.3, 0.4) is 0 Å². The molecule has 0 atom stereocenters. The van der Waals surface area contributed by atoms with Crippen molar-refractivity contribution in [3.05, 3.63) is 59.9 Å². The van der Waals surface area contributed by atoms with Crippen LogP contribution in [0.5, 0.6) is 5.75 Å². The van der Waals surface area contributed by atoms with E-state index in [1.165, 1.54) is 31.2 Å². The molecule has 1 fully saturated rings. The van der Waals surface area contributed by atoms with Gasteiger partial charge in [0.05, 0.1) is 19.3 Å². The molecule has 0 unspecified atom stereocenters. The summed E-state index contributed by atoms with van der Waals surface area (Å²) in [6, 6.07) is 14.4. The van der Waals surface area contributed by atoms with E-state index in [0.717, 1.165) is 23.9 Å². The summed E-state index contributed by atoms with van der Waals surface area (Å²) >= 11 is 0. The molecule has 1 aliphatic carbocycles. The SMILES string of the molecule is CN=C(NCc1ccccn1)NCC1(c2cccc(OC)c2)CCCC1. The third kappa shape index (κ3) is 4.34. The topological polar surface area (TPSA) is 58.5 Å². The minimum absolute atomic E-state index is 0.136. The first kappa shape index (κ1) is 18.2. The van der Waals surface area contributed by atoms with Gasteiger partial charge in [0, 0.05) is 25.2 Å². The van der Waals surface area contributed by atoms with E-state index >= 15 is 0 Å². The molecule has 0 amide bonds. The van der Waals surface area contributed by atoms with Crippen LogP contribution in [0.25, 0.3) is 0 Å². The predicted molar refractivity (Wildman–Crippen MR) is 106 cm³/mol. The van der Waals surface area contributed by atoms with Crippen molar-refractivity contribution in [2.45, 2.75) is 37.6 Å². The quantitative estimate of drug-likeness (QED) is 0.619. The Labute approximate surface area is 155 Å². The van der Waals surface area contributed by atoms with Crippen LogP contribution in [0, 0.1) is 0 Å². The van der Waals surface area contributed by atoms with Crippen LogP contribution in [0.15, 0.2) is 53.7 Å². The predicted octanol–water partition coefficient (Wildman–Crippen LogP) is 3.27. The molecule has 5 nitrogen and oxygen atoms in total. The highest BCUT2D eigenvalue weighted by Gasteiger charge is 2.36. The maximum atomic E-state index is 5.43. The number of ether oxygens (including phenoxy) is 1. The van der Waals surface area contributed by atoms with Crippen molar-refractivity contribution >= 4 is 5.96 Å². The van der Waals surface area contributed by atoms with Gasteiger partial charge in [-0.25, -0.2) is 0 Å². The van der Waals surface area contributed by atoms with E-state index in [9.17, 15) is 0 Å². The molecule has 2 aromatic rings. The van der Waals surface area contributed by atoms with Crippen molar-refractivity contribution in [1.29, 1.82) is 0 Å². The Balaban J connectivity index is 1.66. The van der Waals surface area contributed by atoms with Crippen LogP contribution in [-0.4, -0.2) is 31.6 Å². The summed E-state index contributed by atoms with van der Waals surface area (Å²) in [5.41, 5.74) is 2.48. The first-order chi connectivity index (χ1) is 12.8. The molecule has 0 radical (unpaired) electrons. The fourth-order valence-electron chi connectivity index (χ4n) is 3.72. The molecule has 0 bridgehead atoms. The Kier molecular flexibility index (Phi) is 6.10. The van der Waals surface area contributed by atoms with Gasteiger partial charge in [-0.2, -0.15) is 0 Å². The Hall–Kier alpha value is -2.56. The van der Waals surface area contributed by atoms with E-state index in [0.29, 0.717) is 6.54 Å². The largest absolute Gasteiger partial charge is 0.497 e. The highest BCUT2D eigenvalue weighted by molar-refractivity contribution is 5.79. The fourth-order valence-corrected chi connectivity index (χ4v) is 3.72. The van der Waals surface area contributed by atoms with Gasteiger partial charge in [-0.05, 0) is 42.7 Å². The fraction of sp³-hybridized carbons (Fsp3) is 0.429. The van der Waals surface area contributed by atoms with E-state index in [2.05, 4.69) is 38.8 Å². The number of rotatable bonds is 6. The maximum absolute atomic E-state index is 5.43. The Bertz CT molecular complexity index is 724. The zero-order valence-corrected chi connectivity index (χ0v) is 15.7. The molecule has 0 spiro atoms. The van der Waals surface area contributed by atoms with Crippen molar-refractivity contribution in [1.82, 2.24) is 15.6 Å². The molecule has 0 saturated heterocycles. The third-order valence-corrected chi connectivity index (χ3v) is 5.22. The molecule has 26 heavy (non-hydrogen) atoms. The summed E-state index contributed by atoms with van der Waals surface area (Å²) in [6.45, 7) is 1.52. The van der Waals surface area contributed by atoms with E-state index < -0.39 is 0 Å². The van der Waals surface area contributed by atoms with Gasteiger partial charge in [-0.15, -0.1) is 0 Å².